The lowest BCUT2D eigenvalue weighted by molar-refractivity contribution is -0.189. The van der Waals surface area contributed by atoms with Crippen molar-refractivity contribution in [2.75, 3.05) is 20.8 Å². The van der Waals surface area contributed by atoms with Crippen LogP contribution in [0.4, 0.5) is 0 Å². The van der Waals surface area contributed by atoms with Crippen molar-refractivity contribution in [1.29, 1.82) is 0 Å². The molecule has 2 N–H and O–H groups in total. The molecule has 0 radical (unpaired) electrons. The van der Waals surface area contributed by atoms with Gasteiger partial charge in [-0.1, -0.05) is 42.5 Å². The van der Waals surface area contributed by atoms with Crippen molar-refractivity contribution in [3.8, 4) is 11.5 Å². The minimum absolute atomic E-state index is 0.0233. The molecular formula is C35H31N3O6. The Labute approximate surface area is 252 Å². The molecule has 3 aliphatic rings. The molecule has 3 atom stereocenters. The van der Waals surface area contributed by atoms with Gasteiger partial charge in [0.05, 0.1) is 48.5 Å². The zero-order valence-corrected chi connectivity index (χ0v) is 24.6. The average molecular weight is 590 g/mol. The van der Waals surface area contributed by atoms with Crippen molar-refractivity contribution < 1.29 is 29.2 Å². The second-order valence-corrected chi connectivity index (χ2v) is 12.3. The van der Waals surface area contributed by atoms with Crippen LogP contribution >= 0.6 is 0 Å². The first-order chi connectivity index (χ1) is 21.3. The highest BCUT2D eigenvalue weighted by atomic mass is 16.6. The number of aliphatic hydroxyl groups is 2. The molecule has 44 heavy (non-hydrogen) atoms. The van der Waals surface area contributed by atoms with Gasteiger partial charge in [-0.2, -0.15) is 0 Å². The van der Waals surface area contributed by atoms with Crippen molar-refractivity contribution in [3.05, 3.63) is 83.4 Å². The van der Waals surface area contributed by atoms with E-state index in [0.717, 1.165) is 54.7 Å². The van der Waals surface area contributed by atoms with E-state index in [1.54, 1.807) is 14.2 Å². The van der Waals surface area contributed by atoms with E-state index in [9.17, 15) is 15.0 Å². The molecule has 2 aromatic heterocycles. The van der Waals surface area contributed by atoms with Crippen molar-refractivity contribution in [2.45, 2.75) is 44.0 Å². The fourth-order valence-corrected chi connectivity index (χ4v) is 8.19. The molecule has 222 valence electrons. The lowest BCUT2D eigenvalue weighted by Gasteiger charge is -2.38. The number of carbonyl (C=O) groups is 1. The van der Waals surface area contributed by atoms with Gasteiger partial charge in [-0.3, -0.25) is 4.79 Å². The Morgan fingerprint density at radius 3 is 2.36 bits per heavy atom. The SMILES string of the molecule is COc1ccc(CN2Cc3c(c4c5ccccc5n5c4c4c3c3ccccc3n4[C@@]3(C)O[C@@H]5C[C@]3(O)CO)C2=O)cc1OC. The highest BCUT2D eigenvalue weighted by Crippen LogP contribution is 2.57. The molecule has 1 amide bonds. The largest absolute Gasteiger partial charge is 0.493 e. The van der Waals surface area contributed by atoms with E-state index in [-0.39, 0.29) is 12.3 Å². The Bertz CT molecular complexity index is 2230. The van der Waals surface area contributed by atoms with Crippen LogP contribution in [0.5, 0.6) is 11.5 Å². The summed E-state index contributed by atoms with van der Waals surface area (Å²) in [5, 5.41) is 26.4. The second kappa shape index (κ2) is 8.53. The summed E-state index contributed by atoms with van der Waals surface area (Å²) in [4.78, 5) is 16.5. The average Bonchev–Trinajstić information content (AvgIpc) is 3.72. The van der Waals surface area contributed by atoms with Gasteiger partial charge in [0.15, 0.2) is 17.2 Å². The van der Waals surface area contributed by atoms with Crippen LogP contribution in [-0.2, 0) is 23.6 Å². The zero-order chi connectivity index (χ0) is 30.1. The Kier molecular flexibility index (Phi) is 5.02. The predicted molar refractivity (Wildman–Crippen MR) is 166 cm³/mol. The summed E-state index contributed by atoms with van der Waals surface area (Å²) in [5.41, 5.74) is 3.48. The lowest BCUT2D eigenvalue weighted by atomic mass is 9.89. The monoisotopic (exact) mass is 589 g/mol. The number of para-hydroxylation sites is 2. The Morgan fingerprint density at radius 2 is 1.64 bits per heavy atom. The van der Waals surface area contributed by atoms with Gasteiger partial charge in [0, 0.05) is 41.1 Å². The Morgan fingerprint density at radius 1 is 0.932 bits per heavy atom. The highest BCUT2D eigenvalue weighted by Gasteiger charge is 2.60. The van der Waals surface area contributed by atoms with Crippen LogP contribution in [0.2, 0.25) is 0 Å². The van der Waals surface area contributed by atoms with Gasteiger partial charge in [-0.25, -0.2) is 0 Å². The minimum Gasteiger partial charge on any atom is -0.493 e. The molecule has 3 aliphatic heterocycles. The molecule has 5 heterocycles. The van der Waals surface area contributed by atoms with Gasteiger partial charge in [-0.15, -0.1) is 0 Å². The van der Waals surface area contributed by atoms with Gasteiger partial charge < -0.3 is 38.5 Å². The predicted octanol–water partition coefficient (Wildman–Crippen LogP) is 5.40. The third kappa shape index (κ3) is 2.92. The highest BCUT2D eigenvalue weighted by molar-refractivity contribution is 6.31. The Balaban J connectivity index is 1.39. The third-order valence-corrected chi connectivity index (χ3v) is 10.3. The van der Waals surface area contributed by atoms with Crippen LogP contribution in [0.15, 0.2) is 66.7 Å². The van der Waals surface area contributed by atoms with E-state index in [1.165, 1.54) is 0 Å². The summed E-state index contributed by atoms with van der Waals surface area (Å²) in [6.45, 7) is 2.25. The minimum atomic E-state index is -1.53. The number of ether oxygens (including phenoxy) is 3. The van der Waals surface area contributed by atoms with Gasteiger partial charge in [0.25, 0.3) is 5.91 Å². The molecule has 9 nitrogen and oxygen atoms in total. The molecule has 0 saturated carbocycles. The van der Waals surface area contributed by atoms with Crippen molar-refractivity contribution >= 4 is 49.5 Å². The third-order valence-electron chi connectivity index (χ3n) is 10.3. The number of hydrogen-bond donors (Lipinski definition) is 2. The van der Waals surface area contributed by atoms with Gasteiger partial charge in [0.2, 0.25) is 0 Å². The fraction of sp³-hybridized carbons (Fsp3) is 0.286. The van der Waals surface area contributed by atoms with E-state index in [2.05, 4.69) is 21.3 Å². The first-order valence-electron chi connectivity index (χ1n) is 14.9. The molecule has 2 bridgehead atoms. The maximum Gasteiger partial charge on any atom is 0.255 e. The number of nitrogens with zero attached hydrogens (tertiary/aromatic N) is 3. The standard InChI is InChI=1S/C35H31N3O6/c1-34-35(41,18-39)15-27(44-34)37-23-10-6-4-8-20(23)29-30-22(28-21-9-5-7-11-24(21)38(34)32(28)31(29)37)17-36(33(30)40)16-19-12-13-25(42-2)26(14-19)43-3/h4-14,27,39,41H,15-18H2,1-3H3/t27-,34+,35+/m1/s1. The number of amides is 1. The van der Waals surface area contributed by atoms with Crippen LogP contribution in [-0.4, -0.2) is 56.6 Å². The zero-order valence-electron chi connectivity index (χ0n) is 24.6. The number of hydrogen-bond acceptors (Lipinski definition) is 6. The smallest absolute Gasteiger partial charge is 0.255 e. The number of rotatable bonds is 5. The quantitative estimate of drug-likeness (QED) is 0.279. The van der Waals surface area contributed by atoms with Crippen LogP contribution in [0.25, 0.3) is 43.6 Å². The molecule has 9 rings (SSSR count). The first kappa shape index (κ1) is 25.9. The molecule has 0 unspecified atom stereocenters. The first-order valence-corrected chi connectivity index (χ1v) is 14.9. The van der Waals surface area contributed by atoms with E-state index in [1.807, 2.05) is 66.4 Å². The molecule has 6 aromatic rings. The van der Waals surface area contributed by atoms with Gasteiger partial charge in [-0.05, 0) is 42.3 Å². The molecule has 9 heteroatoms. The molecule has 1 saturated heterocycles. The van der Waals surface area contributed by atoms with Crippen LogP contribution in [0, 0.1) is 0 Å². The van der Waals surface area contributed by atoms with E-state index in [4.69, 9.17) is 14.2 Å². The van der Waals surface area contributed by atoms with Crippen molar-refractivity contribution in [2.24, 2.45) is 0 Å². The number of fused-ring (bicyclic) bond motifs is 13. The second-order valence-electron chi connectivity index (χ2n) is 12.3. The van der Waals surface area contributed by atoms with Crippen molar-refractivity contribution in [3.63, 3.8) is 0 Å². The summed E-state index contributed by atoms with van der Waals surface area (Å²) < 4.78 is 22.0. The van der Waals surface area contributed by atoms with E-state index in [0.29, 0.717) is 30.2 Å². The molecule has 0 spiro atoms. The molecule has 4 aromatic carbocycles. The number of aromatic nitrogens is 2. The van der Waals surface area contributed by atoms with E-state index < -0.39 is 24.2 Å². The van der Waals surface area contributed by atoms with Crippen LogP contribution < -0.4 is 9.47 Å². The lowest BCUT2D eigenvalue weighted by Crippen LogP contribution is -2.53. The molecule has 1 fully saturated rings. The topological polar surface area (TPSA) is 98.3 Å². The summed E-state index contributed by atoms with van der Waals surface area (Å²) in [6.07, 6.45) is -0.337. The maximum absolute atomic E-state index is 14.6. The molecular weight excluding hydrogens is 558 g/mol. The summed E-state index contributed by atoms with van der Waals surface area (Å²) >= 11 is 0. The van der Waals surface area contributed by atoms with Gasteiger partial charge in [0.1, 0.15) is 11.8 Å². The number of carbonyl (C=O) groups excluding carboxylic acids is 1. The maximum atomic E-state index is 14.6. The number of aliphatic hydroxyl groups excluding tert-OH is 1. The van der Waals surface area contributed by atoms with Crippen molar-refractivity contribution in [1.82, 2.24) is 14.0 Å². The summed E-state index contributed by atoms with van der Waals surface area (Å²) in [6, 6.07) is 21.9. The van der Waals surface area contributed by atoms with E-state index >= 15 is 0 Å². The Hall–Kier alpha value is -4.57. The normalized spacial score (nSPS) is 23.9. The number of methoxy groups -OCH3 is 2. The summed E-state index contributed by atoms with van der Waals surface area (Å²) in [5.74, 6) is 1.23. The fourth-order valence-electron chi connectivity index (χ4n) is 8.19. The number of benzene rings is 4. The van der Waals surface area contributed by atoms with Crippen LogP contribution in [0.3, 0.4) is 0 Å². The summed E-state index contributed by atoms with van der Waals surface area (Å²) in [7, 11) is 3.21. The molecule has 0 aliphatic carbocycles. The van der Waals surface area contributed by atoms with Gasteiger partial charge >= 0.3 is 0 Å². The van der Waals surface area contributed by atoms with Crippen LogP contribution in [0.1, 0.15) is 41.1 Å².